The maximum Gasteiger partial charge on any atom is 0.225 e. The summed E-state index contributed by atoms with van der Waals surface area (Å²) in [7, 11) is 2.04. The van der Waals surface area contributed by atoms with Crippen molar-refractivity contribution in [3.05, 3.63) is 18.0 Å². The molecule has 1 aliphatic carbocycles. The van der Waals surface area contributed by atoms with Crippen molar-refractivity contribution in [2.75, 3.05) is 11.9 Å². The molecule has 1 saturated carbocycles. The lowest BCUT2D eigenvalue weighted by Gasteiger charge is -2.34. The summed E-state index contributed by atoms with van der Waals surface area (Å²) in [6.07, 6.45) is 6.54. The SMILES string of the molecule is Cc1ccnc(N(C)C2CCCCC2Cl)n1. The molecule has 16 heavy (non-hydrogen) atoms. The van der Waals surface area contributed by atoms with Crippen LogP contribution >= 0.6 is 11.6 Å². The van der Waals surface area contributed by atoms with Crippen LogP contribution in [0.2, 0.25) is 0 Å². The Hall–Kier alpha value is -0.830. The van der Waals surface area contributed by atoms with E-state index in [-0.39, 0.29) is 5.38 Å². The molecule has 0 amide bonds. The van der Waals surface area contributed by atoms with Crippen molar-refractivity contribution in [3.8, 4) is 0 Å². The van der Waals surface area contributed by atoms with E-state index in [1.807, 2.05) is 20.0 Å². The highest BCUT2D eigenvalue weighted by atomic mass is 35.5. The van der Waals surface area contributed by atoms with Gasteiger partial charge in [0.2, 0.25) is 5.95 Å². The van der Waals surface area contributed by atoms with Crippen molar-refractivity contribution in [1.82, 2.24) is 9.97 Å². The van der Waals surface area contributed by atoms with E-state index in [0.717, 1.165) is 24.5 Å². The van der Waals surface area contributed by atoms with Crippen LogP contribution in [0.15, 0.2) is 12.3 Å². The van der Waals surface area contributed by atoms with Gasteiger partial charge in [-0.2, -0.15) is 0 Å². The highest BCUT2D eigenvalue weighted by Gasteiger charge is 2.27. The van der Waals surface area contributed by atoms with Crippen LogP contribution in [0.3, 0.4) is 0 Å². The summed E-state index contributed by atoms with van der Waals surface area (Å²) in [6, 6.07) is 2.29. The first-order valence-corrected chi connectivity index (χ1v) is 6.28. The summed E-state index contributed by atoms with van der Waals surface area (Å²) in [5.74, 6) is 0.789. The largest absolute Gasteiger partial charge is 0.339 e. The molecule has 1 aliphatic rings. The first-order chi connectivity index (χ1) is 7.68. The highest BCUT2D eigenvalue weighted by Crippen LogP contribution is 2.28. The number of alkyl halides is 1. The fraction of sp³-hybridized carbons (Fsp3) is 0.667. The Labute approximate surface area is 102 Å². The van der Waals surface area contributed by atoms with Crippen LogP contribution < -0.4 is 4.90 Å². The highest BCUT2D eigenvalue weighted by molar-refractivity contribution is 6.21. The Bertz CT molecular complexity index is 356. The summed E-state index contributed by atoms with van der Waals surface area (Å²) in [4.78, 5) is 10.9. The normalized spacial score (nSPS) is 25.4. The number of rotatable bonds is 2. The average molecular weight is 240 g/mol. The zero-order valence-electron chi connectivity index (χ0n) is 9.86. The van der Waals surface area contributed by atoms with Gasteiger partial charge < -0.3 is 4.90 Å². The van der Waals surface area contributed by atoms with Crippen molar-refractivity contribution >= 4 is 17.5 Å². The zero-order chi connectivity index (χ0) is 11.5. The molecule has 0 spiro atoms. The lowest BCUT2D eigenvalue weighted by Crippen LogP contribution is -2.41. The molecule has 0 radical (unpaired) electrons. The summed E-state index contributed by atoms with van der Waals surface area (Å²) in [6.45, 7) is 1.98. The predicted molar refractivity (Wildman–Crippen MR) is 67.1 cm³/mol. The number of aromatic nitrogens is 2. The molecule has 2 unspecified atom stereocenters. The third kappa shape index (κ3) is 2.46. The molecule has 1 fully saturated rings. The molecule has 0 aromatic carbocycles. The van der Waals surface area contributed by atoms with Gasteiger partial charge in [0, 0.05) is 25.0 Å². The topological polar surface area (TPSA) is 29.0 Å². The number of aryl methyl sites for hydroxylation is 1. The average Bonchev–Trinajstić information content (AvgIpc) is 2.29. The number of nitrogens with zero attached hydrogens (tertiary/aromatic N) is 3. The van der Waals surface area contributed by atoms with Gasteiger partial charge in [-0.1, -0.05) is 12.8 Å². The van der Waals surface area contributed by atoms with Crippen LogP contribution in [0, 0.1) is 6.92 Å². The monoisotopic (exact) mass is 239 g/mol. The molecule has 2 atom stereocenters. The van der Waals surface area contributed by atoms with Crippen LogP contribution in [0.25, 0.3) is 0 Å². The van der Waals surface area contributed by atoms with Crippen LogP contribution in [0.1, 0.15) is 31.4 Å². The Morgan fingerprint density at radius 2 is 2.12 bits per heavy atom. The maximum atomic E-state index is 6.37. The van der Waals surface area contributed by atoms with Crippen molar-refractivity contribution in [2.24, 2.45) is 0 Å². The lowest BCUT2D eigenvalue weighted by atomic mass is 9.94. The van der Waals surface area contributed by atoms with E-state index in [1.54, 1.807) is 6.20 Å². The van der Waals surface area contributed by atoms with Crippen LogP contribution in [0.4, 0.5) is 5.95 Å². The second-order valence-corrected chi connectivity index (χ2v) is 5.04. The minimum absolute atomic E-state index is 0.225. The summed E-state index contributed by atoms with van der Waals surface area (Å²) < 4.78 is 0. The summed E-state index contributed by atoms with van der Waals surface area (Å²) in [5, 5.41) is 0.225. The van der Waals surface area contributed by atoms with Gasteiger partial charge in [0.15, 0.2) is 0 Å². The molecule has 1 heterocycles. The Morgan fingerprint density at radius 1 is 1.38 bits per heavy atom. The van der Waals surface area contributed by atoms with E-state index in [2.05, 4.69) is 14.9 Å². The van der Waals surface area contributed by atoms with Crippen molar-refractivity contribution in [3.63, 3.8) is 0 Å². The second-order valence-electron chi connectivity index (χ2n) is 4.48. The number of halogens is 1. The van der Waals surface area contributed by atoms with Gasteiger partial charge in [-0.25, -0.2) is 9.97 Å². The quantitative estimate of drug-likeness (QED) is 0.744. The summed E-state index contributed by atoms with van der Waals surface area (Å²) in [5.41, 5.74) is 0.999. The van der Waals surface area contributed by atoms with E-state index in [0.29, 0.717) is 6.04 Å². The molecular formula is C12H18ClN3. The summed E-state index contributed by atoms with van der Waals surface area (Å²) >= 11 is 6.37. The molecule has 0 bridgehead atoms. The van der Waals surface area contributed by atoms with E-state index in [9.17, 15) is 0 Å². The van der Waals surface area contributed by atoms with Crippen LogP contribution in [0.5, 0.6) is 0 Å². The van der Waals surface area contributed by atoms with E-state index >= 15 is 0 Å². The van der Waals surface area contributed by atoms with Gasteiger partial charge in [0.1, 0.15) is 0 Å². The fourth-order valence-electron chi connectivity index (χ4n) is 2.26. The second kappa shape index (κ2) is 5.00. The Balaban J connectivity index is 2.14. The van der Waals surface area contributed by atoms with Gasteiger partial charge in [0.25, 0.3) is 0 Å². The molecule has 88 valence electrons. The van der Waals surface area contributed by atoms with Crippen LogP contribution in [-0.2, 0) is 0 Å². The molecular weight excluding hydrogens is 222 g/mol. The van der Waals surface area contributed by atoms with Gasteiger partial charge in [-0.05, 0) is 25.8 Å². The minimum Gasteiger partial charge on any atom is -0.339 e. The Morgan fingerprint density at radius 3 is 2.81 bits per heavy atom. The fourth-order valence-corrected chi connectivity index (χ4v) is 2.71. The first-order valence-electron chi connectivity index (χ1n) is 5.85. The number of hydrogen-bond donors (Lipinski definition) is 0. The maximum absolute atomic E-state index is 6.37. The Kier molecular flexibility index (Phi) is 3.64. The molecule has 1 aromatic rings. The first kappa shape index (κ1) is 11.6. The minimum atomic E-state index is 0.225. The third-order valence-corrected chi connectivity index (χ3v) is 3.75. The molecule has 4 heteroatoms. The molecule has 0 saturated heterocycles. The molecule has 0 N–H and O–H groups in total. The number of hydrogen-bond acceptors (Lipinski definition) is 3. The lowest BCUT2D eigenvalue weighted by molar-refractivity contribution is 0.430. The van der Waals surface area contributed by atoms with Gasteiger partial charge in [0.05, 0.1) is 5.38 Å². The molecule has 2 rings (SSSR count). The standard InChI is InChI=1S/C12H18ClN3/c1-9-7-8-14-12(15-9)16(2)11-6-4-3-5-10(11)13/h7-8,10-11H,3-6H2,1-2H3. The smallest absolute Gasteiger partial charge is 0.225 e. The van der Waals surface area contributed by atoms with Crippen LogP contribution in [-0.4, -0.2) is 28.4 Å². The van der Waals surface area contributed by atoms with Crippen molar-refractivity contribution < 1.29 is 0 Å². The predicted octanol–water partition coefficient (Wildman–Crippen LogP) is 2.77. The van der Waals surface area contributed by atoms with E-state index < -0.39 is 0 Å². The zero-order valence-corrected chi connectivity index (χ0v) is 10.6. The van der Waals surface area contributed by atoms with Crippen molar-refractivity contribution in [2.45, 2.75) is 44.0 Å². The van der Waals surface area contributed by atoms with Gasteiger partial charge in [-0.15, -0.1) is 11.6 Å². The van der Waals surface area contributed by atoms with Crippen molar-refractivity contribution in [1.29, 1.82) is 0 Å². The van der Waals surface area contributed by atoms with E-state index in [4.69, 9.17) is 11.6 Å². The number of anilines is 1. The van der Waals surface area contributed by atoms with E-state index in [1.165, 1.54) is 12.8 Å². The molecule has 0 aliphatic heterocycles. The van der Waals surface area contributed by atoms with Gasteiger partial charge in [-0.3, -0.25) is 0 Å². The van der Waals surface area contributed by atoms with Gasteiger partial charge >= 0.3 is 0 Å². The third-order valence-electron chi connectivity index (χ3n) is 3.24. The molecule has 1 aromatic heterocycles. The molecule has 3 nitrogen and oxygen atoms in total.